The first-order valence-corrected chi connectivity index (χ1v) is 9.63. The molecule has 0 atom stereocenters. The Labute approximate surface area is 179 Å². The molecular formula is C22H24N4O5. The molecule has 3 N–H and O–H groups in total. The van der Waals surface area contributed by atoms with E-state index in [-0.39, 0.29) is 12.6 Å². The van der Waals surface area contributed by atoms with Crippen LogP contribution in [0.15, 0.2) is 59.5 Å². The zero-order chi connectivity index (χ0) is 22.2. The maximum Gasteiger partial charge on any atom is 0.407 e. The molecule has 0 spiro atoms. The molecule has 1 aromatic heterocycles. The number of benzene rings is 2. The zero-order valence-corrected chi connectivity index (χ0v) is 17.5. The van der Waals surface area contributed by atoms with Crippen LogP contribution in [0.25, 0.3) is 11.3 Å². The minimum Gasteiger partial charge on any atom is -0.496 e. The molecular weight excluding hydrogens is 400 g/mol. The maximum atomic E-state index is 12.4. The van der Waals surface area contributed by atoms with Gasteiger partial charge in [-0.2, -0.15) is 0 Å². The summed E-state index contributed by atoms with van der Waals surface area (Å²) in [6, 6.07) is 11.9. The van der Waals surface area contributed by atoms with E-state index < -0.39 is 12.1 Å². The van der Waals surface area contributed by atoms with E-state index in [0.29, 0.717) is 22.9 Å². The second-order valence-electron chi connectivity index (χ2n) is 6.87. The second kappa shape index (κ2) is 10.1. The van der Waals surface area contributed by atoms with Gasteiger partial charge in [-0.1, -0.05) is 12.1 Å². The Hall–Kier alpha value is -4.01. The lowest BCUT2D eigenvalue weighted by Gasteiger charge is -2.12. The summed E-state index contributed by atoms with van der Waals surface area (Å²) in [6.07, 6.45) is 2.24. The summed E-state index contributed by atoms with van der Waals surface area (Å²) in [6.45, 7) is 3.84. The molecule has 162 valence electrons. The lowest BCUT2D eigenvalue weighted by Crippen LogP contribution is -2.26. The van der Waals surface area contributed by atoms with E-state index in [1.807, 2.05) is 6.07 Å². The zero-order valence-electron chi connectivity index (χ0n) is 17.5. The number of nitrogens with zero attached hydrogens (tertiary/aromatic N) is 1. The Morgan fingerprint density at radius 3 is 2.55 bits per heavy atom. The first-order valence-electron chi connectivity index (χ1n) is 9.63. The topological polar surface area (TPSA) is 115 Å². The average molecular weight is 424 g/mol. The summed E-state index contributed by atoms with van der Waals surface area (Å²) in [5.41, 5.74) is 2.67. The number of carbonyl (C=O) groups excluding carboxylic acids is 2. The van der Waals surface area contributed by atoms with E-state index in [9.17, 15) is 9.59 Å². The lowest BCUT2D eigenvalue weighted by molar-refractivity contribution is 0.115. The molecule has 0 saturated carbocycles. The summed E-state index contributed by atoms with van der Waals surface area (Å²) < 4.78 is 15.7. The normalized spacial score (nSPS) is 10.5. The third-order valence-corrected chi connectivity index (χ3v) is 4.12. The fraction of sp³-hybridized carbons (Fsp3) is 0.227. The van der Waals surface area contributed by atoms with E-state index in [4.69, 9.17) is 13.9 Å². The van der Waals surface area contributed by atoms with Crippen LogP contribution in [0.5, 0.6) is 5.75 Å². The number of aromatic nitrogens is 1. The molecule has 0 unspecified atom stereocenters. The predicted octanol–water partition coefficient (Wildman–Crippen LogP) is 4.63. The third kappa shape index (κ3) is 6.23. The molecule has 0 aliphatic rings. The van der Waals surface area contributed by atoms with Gasteiger partial charge in [-0.25, -0.2) is 14.6 Å². The number of rotatable bonds is 7. The van der Waals surface area contributed by atoms with Crippen molar-refractivity contribution in [3.8, 4) is 17.1 Å². The third-order valence-electron chi connectivity index (χ3n) is 4.12. The van der Waals surface area contributed by atoms with Gasteiger partial charge in [-0.05, 0) is 43.7 Å². The number of urea groups is 1. The number of carbonyl (C=O) groups is 2. The predicted molar refractivity (Wildman–Crippen MR) is 116 cm³/mol. The Morgan fingerprint density at radius 2 is 1.87 bits per heavy atom. The molecule has 0 radical (unpaired) electrons. The van der Waals surface area contributed by atoms with Gasteiger partial charge in [-0.3, -0.25) is 0 Å². The molecule has 2 aromatic carbocycles. The highest BCUT2D eigenvalue weighted by molar-refractivity contribution is 6.00. The SMILES string of the molecule is COc1cc(NC(=O)Nc2cccc(CNC(=O)OC(C)C)c2)ccc1-c1cnco1. The van der Waals surface area contributed by atoms with Gasteiger partial charge in [0.25, 0.3) is 0 Å². The van der Waals surface area contributed by atoms with E-state index >= 15 is 0 Å². The van der Waals surface area contributed by atoms with E-state index in [1.165, 1.54) is 13.5 Å². The molecule has 0 saturated heterocycles. The van der Waals surface area contributed by atoms with Gasteiger partial charge in [0.2, 0.25) is 0 Å². The molecule has 3 amide bonds. The fourth-order valence-electron chi connectivity index (χ4n) is 2.80. The minimum absolute atomic E-state index is 0.194. The number of alkyl carbamates (subject to hydrolysis) is 1. The van der Waals surface area contributed by atoms with E-state index in [0.717, 1.165) is 11.1 Å². The molecule has 1 heterocycles. The number of nitrogens with one attached hydrogen (secondary N) is 3. The molecule has 0 aliphatic heterocycles. The largest absolute Gasteiger partial charge is 0.496 e. The van der Waals surface area contributed by atoms with Crippen LogP contribution in [0.2, 0.25) is 0 Å². The van der Waals surface area contributed by atoms with Crippen LogP contribution in [-0.2, 0) is 11.3 Å². The molecule has 3 rings (SSSR count). The van der Waals surface area contributed by atoms with Crippen LogP contribution in [-0.4, -0.2) is 30.3 Å². The van der Waals surface area contributed by atoms with Crippen molar-refractivity contribution in [3.05, 3.63) is 60.6 Å². The van der Waals surface area contributed by atoms with Gasteiger partial charge in [0, 0.05) is 24.0 Å². The van der Waals surface area contributed by atoms with E-state index in [2.05, 4.69) is 20.9 Å². The van der Waals surface area contributed by atoms with Crippen molar-refractivity contribution in [1.82, 2.24) is 10.3 Å². The van der Waals surface area contributed by atoms with Crippen molar-refractivity contribution in [2.75, 3.05) is 17.7 Å². The molecule has 9 heteroatoms. The van der Waals surface area contributed by atoms with Crippen molar-refractivity contribution in [1.29, 1.82) is 0 Å². The van der Waals surface area contributed by atoms with Crippen molar-refractivity contribution in [2.45, 2.75) is 26.5 Å². The van der Waals surface area contributed by atoms with Crippen LogP contribution in [0.1, 0.15) is 19.4 Å². The summed E-state index contributed by atoms with van der Waals surface area (Å²) >= 11 is 0. The average Bonchev–Trinajstić information content (AvgIpc) is 3.26. The summed E-state index contributed by atoms with van der Waals surface area (Å²) in [7, 11) is 1.54. The van der Waals surface area contributed by atoms with Crippen molar-refractivity contribution in [3.63, 3.8) is 0 Å². The molecule has 0 bridgehead atoms. The van der Waals surface area contributed by atoms with Crippen LogP contribution in [0.3, 0.4) is 0 Å². The lowest BCUT2D eigenvalue weighted by atomic mass is 10.1. The summed E-state index contributed by atoms with van der Waals surface area (Å²) in [5.74, 6) is 1.10. The van der Waals surface area contributed by atoms with Crippen molar-refractivity contribution >= 4 is 23.5 Å². The number of methoxy groups -OCH3 is 1. The van der Waals surface area contributed by atoms with Crippen LogP contribution in [0.4, 0.5) is 21.0 Å². The minimum atomic E-state index is -0.492. The highest BCUT2D eigenvalue weighted by Gasteiger charge is 2.12. The van der Waals surface area contributed by atoms with Gasteiger partial charge in [-0.15, -0.1) is 0 Å². The highest BCUT2D eigenvalue weighted by atomic mass is 16.6. The van der Waals surface area contributed by atoms with Crippen LogP contribution < -0.4 is 20.7 Å². The molecule has 0 aliphatic carbocycles. The molecule has 9 nitrogen and oxygen atoms in total. The van der Waals surface area contributed by atoms with Crippen LogP contribution in [0, 0.1) is 0 Å². The quantitative estimate of drug-likeness (QED) is 0.509. The Balaban J connectivity index is 1.60. The van der Waals surface area contributed by atoms with Crippen molar-refractivity contribution in [2.24, 2.45) is 0 Å². The van der Waals surface area contributed by atoms with Crippen LogP contribution >= 0.6 is 0 Å². The molecule has 31 heavy (non-hydrogen) atoms. The standard InChI is InChI=1S/C22H24N4O5/c1-14(2)31-22(28)24-11-15-5-4-6-16(9-15)25-21(27)26-17-7-8-18(19(10-17)29-3)20-12-23-13-30-20/h4-10,12-14H,11H2,1-3H3,(H,24,28)(H2,25,26,27). The summed E-state index contributed by atoms with van der Waals surface area (Å²) in [4.78, 5) is 27.9. The monoisotopic (exact) mass is 424 g/mol. The van der Waals surface area contributed by atoms with Gasteiger partial charge in [0.05, 0.1) is 25.0 Å². The highest BCUT2D eigenvalue weighted by Crippen LogP contribution is 2.32. The summed E-state index contributed by atoms with van der Waals surface area (Å²) in [5, 5.41) is 8.19. The number of amides is 3. The Morgan fingerprint density at radius 1 is 1.10 bits per heavy atom. The number of hydrogen-bond acceptors (Lipinski definition) is 6. The van der Waals surface area contributed by atoms with Gasteiger partial charge in [0.1, 0.15) is 5.75 Å². The Kier molecular flexibility index (Phi) is 7.10. The van der Waals surface area contributed by atoms with Crippen molar-refractivity contribution < 1.29 is 23.5 Å². The smallest absolute Gasteiger partial charge is 0.407 e. The number of hydrogen-bond donors (Lipinski definition) is 3. The number of anilines is 2. The molecule has 0 fully saturated rings. The van der Waals surface area contributed by atoms with Gasteiger partial charge < -0.3 is 29.8 Å². The van der Waals surface area contributed by atoms with Gasteiger partial charge in [0.15, 0.2) is 12.2 Å². The number of oxazole rings is 1. The fourth-order valence-corrected chi connectivity index (χ4v) is 2.80. The Bertz CT molecular complexity index is 1030. The molecule has 3 aromatic rings. The number of ether oxygens (including phenoxy) is 2. The first kappa shape index (κ1) is 21.7. The van der Waals surface area contributed by atoms with E-state index in [1.54, 1.807) is 56.4 Å². The second-order valence-corrected chi connectivity index (χ2v) is 6.87. The maximum absolute atomic E-state index is 12.4. The van der Waals surface area contributed by atoms with Gasteiger partial charge >= 0.3 is 12.1 Å². The first-order chi connectivity index (χ1) is 14.9.